The number of aryl methyl sites for hydroxylation is 2. The van der Waals surface area contributed by atoms with Crippen molar-refractivity contribution >= 4 is 35.1 Å². The normalized spacial score (nSPS) is 10.6. The van der Waals surface area contributed by atoms with Crippen molar-refractivity contribution in [2.75, 3.05) is 66.0 Å². The molecule has 2 N–H and O–H groups in total. The molecule has 0 spiro atoms. The molecule has 16 heteroatoms. The highest BCUT2D eigenvalue weighted by Crippen LogP contribution is 2.39. The van der Waals surface area contributed by atoms with Crippen LogP contribution in [0, 0.1) is 13.8 Å². The Kier molecular flexibility index (Phi) is 16.6. The zero-order valence-corrected chi connectivity index (χ0v) is 40.1. The van der Waals surface area contributed by atoms with Gasteiger partial charge in [-0.2, -0.15) is 0 Å². The number of rotatable bonds is 20. The SMILES string of the molecule is CCOc1cc(OCC)c(C(=O)Oc2ccc(C(=O)Nc3ccc(-c4ccc(NC(=O)c5ccc(OC(=O)c6cc(OC)c(OC)cc6OC)c(OC)c5)cc4C)c(C)c3)cc2OC)cc1OCC. The van der Waals surface area contributed by atoms with Crippen LogP contribution in [0.5, 0.6) is 57.5 Å². The van der Waals surface area contributed by atoms with Crippen molar-refractivity contribution in [3.05, 3.63) is 130 Å². The molecule has 2 amide bonds. The maximum absolute atomic E-state index is 13.5. The summed E-state index contributed by atoms with van der Waals surface area (Å²) in [5.74, 6) is 0.187. The zero-order valence-electron chi connectivity index (χ0n) is 40.1. The topological polar surface area (TPSA) is 185 Å². The number of hydrogen-bond donors (Lipinski definition) is 2. The molecule has 6 aromatic carbocycles. The predicted octanol–water partition coefficient (Wildman–Crippen LogP) is 10.2. The second-order valence-corrected chi connectivity index (χ2v) is 15.0. The van der Waals surface area contributed by atoms with Gasteiger partial charge in [0.15, 0.2) is 46.0 Å². The minimum absolute atomic E-state index is 0.0854. The van der Waals surface area contributed by atoms with Gasteiger partial charge in [-0.25, -0.2) is 9.59 Å². The molecule has 0 aliphatic heterocycles. The van der Waals surface area contributed by atoms with Crippen LogP contribution < -0.4 is 58.0 Å². The van der Waals surface area contributed by atoms with Gasteiger partial charge in [-0.3, -0.25) is 9.59 Å². The fraction of sp³-hybridized carbons (Fsp3) is 0.245. The van der Waals surface area contributed by atoms with Gasteiger partial charge in [0.05, 0.1) is 55.4 Å². The van der Waals surface area contributed by atoms with Crippen LogP contribution >= 0.6 is 0 Å². The molecule has 6 aromatic rings. The number of carbonyl (C=O) groups is 4. The van der Waals surface area contributed by atoms with E-state index in [1.807, 2.05) is 52.0 Å². The van der Waals surface area contributed by atoms with Gasteiger partial charge in [0.25, 0.3) is 11.8 Å². The number of nitrogens with one attached hydrogen (secondary N) is 2. The van der Waals surface area contributed by atoms with E-state index in [0.717, 1.165) is 22.3 Å². The maximum Gasteiger partial charge on any atom is 0.347 e. The molecule has 0 aromatic heterocycles. The minimum Gasteiger partial charge on any atom is -0.496 e. The van der Waals surface area contributed by atoms with E-state index >= 15 is 0 Å². The fourth-order valence-corrected chi connectivity index (χ4v) is 7.29. The van der Waals surface area contributed by atoms with Gasteiger partial charge in [-0.1, -0.05) is 12.1 Å². The summed E-state index contributed by atoms with van der Waals surface area (Å²) in [4.78, 5) is 53.7. The third-order valence-electron chi connectivity index (χ3n) is 10.6. The van der Waals surface area contributed by atoms with Crippen LogP contribution in [0.1, 0.15) is 73.3 Å². The van der Waals surface area contributed by atoms with Crippen molar-refractivity contribution in [1.82, 2.24) is 0 Å². The molecule has 0 heterocycles. The first-order chi connectivity index (χ1) is 33.3. The van der Waals surface area contributed by atoms with Gasteiger partial charge in [-0.15, -0.1) is 0 Å². The van der Waals surface area contributed by atoms with E-state index in [0.29, 0.717) is 54.2 Å². The van der Waals surface area contributed by atoms with Gasteiger partial charge in [0.2, 0.25) is 0 Å². The van der Waals surface area contributed by atoms with Gasteiger partial charge in [-0.05, 0) is 118 Å². The van der Waals surface area contributed by atoms with Gasteiger partial charge < -0.3 is 58.0 Å². The Morgan fingerprint density at radius 1 is 0.391 bits per heavy atom. The first-order valence-corrected chi connectivity index (χ1v) is 21.8. The Morgan fingerprint density at radius 2 is 0.754 bits per heavy atom. The van der Waals surface area contributed by atoms with E-state index in [2.05, 4.69) is 10.6 Å². The lowest BCUT2D eigenvalue weighted by atomic mass is 9.95. The van der Waals surface area contributed by atoms with Crippen LogP contribution in [0.4, 0.5) is 11.4 Å². The smallest absolute Gasteiger partial charge is 0.347 e. The summed E-state index contributed by atoms with van der Waals surface area (Å²) in [5, 5.41) is 5.85. The lowest BCUT2D eigenvalue weighted by Gasteiger charge is -2.17. The maximum atomic E-state index is 13.5. The quantitative estimate of drug-likeness (QED) is 0.0544. The molecule has 360 valence electrons. The Bertz CT molecular complexity index is 2880. The largest absolute Gasteiger partial charge is 0.496 e. The van der Waals surface area contributed by atoms with Crippen LogP contribution in [-0.2, 0) is 0 Å². The van der Waals surface area contributed by atoms with E-state index in [1.54, 1.807) is 25.1 Å². The second-order valence-electron chi connectivity index (χ2n) is 15.0. The van der Waals surface area contributed by atoms with E-state index in [-0.39, 0.29) is 56.8 Å². The van der Waals surface area contributed by atoms with E-state index in [1.165, 1.54) is 90.1 Å². The van der Waals surface area contributed by atoms with Crippen LogP contribution in [0.15, 0.2) is 97.1 Å². The first-order valence-electron chi connectivity index (χ1n) is 21.8. The zero-order chi connectivity index (χ0) is 49.8. The molecule has 0 bridgehead atoms. The molecule has 0 fully saturated rings. The third kappa shape index (κ3) is 11.6. The first kappa shape index (κ1) is 50.0. The second kappa shape index (κ2) is 22.9. The summed E-state index contributed by atoms with van der Waals surface area (Å²) in [6, 6.07) is 26.2. The number of esters is 2. The number of ether oxygens (including phenoxy) is 10. The average molecular weight is 943 g/mol. The van der Waals surface area contributed by atoms with Gasteiger partial charge in [0, 0.05) is 46.8 Å². The lowest BCUT2D eigenvalue weighted by molar-refractivity contribution is 0.0715. The molecule has 0 saturated heterocycles. The highest BCUT2D eigenvalue weighted by molar-refractivity contribution is 6.06. The van der Waals surface area contributed by atoms with Crippen molar-refractivity contribution in [2.45, 2.75) is 34.6 Å². The lowest BCUT2D eigenvalue weighted by Crippen LogP contribution is -2.14. The van der Waals surface area contributed by atoms with E-state index in [9.17, 15) is 19.2 Å². The van der Waals surface area contributed by atoms with Crippen LogP contribution in [0.2, 0.25) is 0 Å². The molecule has 6 rings (SSSR count). The molecule has 0 atom stereocenters. The van der Waals surface area contributed by atoms with Crippen molar-refractivity contribution in [2.24, 2.45) is 0 Å². The summed E-state index contributed by atoms with van der Waals surface area (Å²) in [6.45, 7) is 10.4. The van der Waals surface area contributed by atoms with E-state index in [4.69, 9.17) is 47.4 Å². The summed E-state index contributed by atoms with van der Waals surface area (Å²) in [6.07, 6.45) is 0. The number of amides is 2. The molecular formula is C53H54N2O14. The summed E-state index contributed by atoms with van der Waals surface area (Å²) >= 11 is 0. The number of anilines is 2. The van der Waals surface area contributed by atoms with Crippen LogP contribution in [0.3, 0.4) is 0 Å². The molecular weight excluding hydrogens is 889 g/mol. The molecule has 0 aliphatic rings. The average Bonchev–Trinajstić information content (AvgIpc) is 3.34. The number of benzene rings is 6. The highest BCUT2D eigenvalue weighted by atomic mass is 16.6. The summed E-state index contributed by atoms with van der Waals surface area (Å²) in [7, 11) is 7.14. The van der Waals surface area contributed by atoms with Crippen molar-refractivity contribution in [3.63, 3.8) is 0 Å². The Balaban J connectivity index is 1.11. The highest BCUT2D eigenvalue weighted by Gasteiger charge is 2.24. The molecule has 0 radical (unpaired) electrons. The molecule has 0 saturated carbocycles. The van der Waals surface area contributed by atoms with Gasteiger partial charge in [0.1, 0.15) is 22.6 Å². The number of methoxy groups -OCH3 is 5. The molecule has 0 aliphatic carbocycles. The number of hydrogen-bond acceptors (Lipinski definition) is 14. The monoisotopic (exact) mass is 942 g/mol. The van der Waals surface area contributed by atoms with E-state index < -0.39 is 23.8 Å². The molecule has 16 nitrogen and oxygen atoms in total. The summed E-state index contributed by atoms with van der Waals surface area (Å²) in [5.41, 5.74) is 5.47. The van der Waals surface area contributed by atoms with Crippen molar-refractivity contribution in [3.8, 4) is 68.6 Å². The number of carbonyl (C=O) groups excluding carboxylic acids is 4. The van der Waals surface area contributed by atoms with Crippen LogP contribution in [0.25, 0.3) is 11.1 Å². The summed E-state index contributed by atoms with van der Waals surface area (Å²) < 4.78 is 55.6. The molecule has 0 unspecified atom stereocenters. The van der Waals surface area contributed by atoms with Gasteiger partial charge >= 0.3 is 11.9 Å². The third-order valence-corrected chi connectivity index (χ3v) is 10.6. The van der Waals surface area contributed by atoms with Crippen LogP contribution in [-0.4, -0.2) is 79.1 Å². The predicted molar refractivity (Wildman–Crippen MR) is 259 cm³/mol. The standard InChI is InChI=1S/C53H54N2O14/c1-11-65-43-29-49(67-13-3)48(66-12-2)27-39(43)53(59)69-41-21-15-33(25-45(41)62-8)51(57)55-35-17-19-37(31(5)23-35)36-18-16-34(22-30(36)4)54-50(56)32-14-20-40(44(24-32)61-7)68-52(58)38-26-46(63-9)47(64-10)28-42(38)60-6/h14-29H,11-13H2,1-10H3,(H,54,56)(H,55,57). The Labute approximate surface area is 400 Å². The Hall–Kier alpha value is -8.40. The van der Waals surface area contributed by atoms with Crippen molar-refractivity contribution in [1.29, 1.82) is 0 Å². The molecule has 69 heavy (non-hydrogen) atoms. The fourth-order valence-electron chi connectivity index (χ4n) is 7.29. The van der Waals surface area contributed by atoms with Crippen molar-refractivity contribution < 1.29 is 66.5 Å². The Morgan fingerprint density at radius 3 is 1.17 bits per heavy atom. The minimum atomic E-state index is -0.740.